The zero-order valence-electron chi connectivity index (χ0n) is 9.44. The van der Waals surface area contributed by atoms with Crippen molar-refractivity contribution < 1.29 is 13.7 Å². The molecule has 0 aliphatic heterocycles. The van der Waals surface area contributed by atoms with Crippen molar-refractivity contribution in [2.75, 3.05) is 7.05 Å². The molecule has 2 aromatic rings. The van der Waals surface area contributed by atoms with Crippen LogP contribution in [0.5, 0.6) is 0 Å². The third-order valence-electron chi connectivity index (χ3n) is 2.22. The first kappa shape index (κ1) is 11.9. The maximum absolute atomic E-state index is 11.9. The number of hydrogen-bond donors (Lipinski definition) is 0. The maximum atomic E-state index is 11.9. The lowest BCUT2D eigenvalue weighted by Gasteiger charge is -2.13. The molecular formula is C11H11BrN2O3. The minimum atomic E-state index is -0.200. The van der Waals surface area contributed by atoms with Gasteiger partial charge < -0.3 is 13.8 Å². The predicted molar refractivity (Wildman–Crippen MR) is 63.4 cm³/mol. The second kappa shape index (κ2) is 4.75. The Bertz CT molecular complexity index is 532. The molecule has 0 saturated heterocycles. The summed E-state index contributed by atoms with van der Waals surface area (Å²) in [7, 11) is 1.68. The molecule has 0 bridgehead atoms. The van der Waals surface area contributed by atoms with E-state index in [1.54, 1.807) is 26.1 Å². The number of aromatic nitrogens is 1. The Kier molecular flexibility index (Phi) is 3.33. The van der Waals surface area contributed by atoms with Gasteiger partial charge in [0.25, 0.3) is 5.91 Å². The summed E-state index contributed by atoms with van der Waals surface area (Å²) in [6, 6.07) is 5.20. The van der Waals surface area contributed by atoms with Gasteiger partial charge in [-0.1, -0.05) is 5.16 Å². The van der Waals surface area contributed by atoms with Crippen molar-refractivity contribution in [3.8, 4) is 0 Å². The molecule has 0 aliphatic rings. The first-order valence-corrected chi connectivity index (χ1v) is 5.78. The highest BCUT2D eigenvalue weighted by Gasteiger charge is 2.17. The van der Waals surface area contributed by atoms with Crippen LogP contribution in [-0.4, -0.2) is 23.0 Å². The normalized spacial score (nSPS) is 10.5. The molecule has 0 aromatic carbocycles. The quantitative estimate of drug-likeness (QED) is 0.874. The van der Waals surface area contributed by atoms with Crippen molar-refractivity contribution in [1.82, 2.24) is 10.1 Å². The lowest BCUT2D eigenvalue weighted by atomic mass is 10.3. The van der Waals surface area contributed by atoms with Crippen LogP contribution >= 0.6 is 15.9 Å². The molecular weight excluding hydrogens is 288 g/mol. The highest BCUT2D eigenvalue weighted by Crippen LogP contribution is 2.16. The van der Waals surface area contributed by atoms with Gasteiger partial charge in [-0.05, 0) is 35.0 Å². The number of rotatable bonds is 3. The van der Waals surface area contributed by atoms with E-state index in [0.29, 0.717) is 28.4 Å². The molecule has 17 heavy (non-hydrogen) atoms. The number of nitrogens with zero attached hydrogens (tertiary/aromatic N) is 2. The molecule has 5 nitrogen and oxygen atoms in total. The fourth-order valence-electron chi connectivity index (χ4n) is 1.41. The lowest BCUT2D eigenvalue weighted by Crippen LogP contribution is -2.26. The zero-order chi connectivity index (χ0) is 12.4. The summed E-state index contributed by atoms with van der Waals surface area (Å²) in [6.07, 6.45) is 0. The SMILES string of the molecule is Cc1cc(C(=O)N(C)Cc2ccc(Br)o2)no1. The van der Waals surface area contributed by atoms with Crippen LogP contribution in [0.15, 0.2) is 31.8 Å². The van der Waals surface area contributed by atoms with E-state index in [9.17, 15) is 4.79 Å². The van der Waals surface area contributed by atoms with Gasteiger partial charge in [0.05, 0.1) is 6.54 Å². The number of hydrogen-bond acceptors (Lipinski definition) is 4. The average molecular weight is 299 g/mol. The Balaban J connectivity index is 2.05. The standard InChI is InChI=1S/C11H11BrN2O3/c1-7-5-9(13-17-7)11(15)14(2)6-8-3-4-10(12)16-8/h3-5H,6H2,1-2H3. The lowest BCUT2D eigenvalue weighted by molar-refractivity contribution is 0.0764. The van der Waals surface area contributed by atoms with E-state index in [2.05, 4.69) is 21.1 Å². The molecule has 6 heteroatoms. The van der Waals surface area contributed by atoms with E-state index in [0.717, 1.165) is 0 Å². The summed E-state index contributed by atoms with van der Waals surface area (Å²) in [5.41, 5.74) is 0.302. The van der Waals surface area contributed by atoms with Gasteiger partial charge in [0.2, 0.25) is 0 Å². The number of amides is 1. The van der Waals surface area contributed by atoms with Crippen LogP contribution in [0.2, 0.25) is 0 Å². The van der Waals surface area contributed by atoms with Gasteiger partial charge in [0.1, 0.15) is 11.5 Å². The topological polar surface area (TPSA) is 59.5 Å². The molecule has 1 amide bonds. The van der Waals surface area contributed by atoms with Gasteiger partial charge in [-0.2, -0.15) is 0 Å². The van der Waals surface area contributed by atoms with Crippen molar-refractivity contribution in [2.24, 2.45) is 0 Å². The van der Waals surface area contributed by atoms with Crippen LogP contribution in [-0.2, 0) is 6.54 Å². The minimum absolute atomic E-state index is 0.200. The molecule has 2 aromatic heterocycles. The largest absolute Gasteiger partial charge is 0.452 e. The molecule has 0 N–H and O–H groups in total. The Morgan fingerprint density at radius 3 is 2.82 bits per heavy atom. The fraction of sp³-hybridized carbons (Fsp3) is 0.273. The van der Waals surface area contributed by atoms with Crippen LogP contribution in [0, 0.1) is 6.92 Å². The molecule has 0 atom stereocenters. The van der Waals surface area contributed by atoms with Gasteiger partial charge in [0.15, 0.2) is 10.4 Å². The van der Waals surface area contributed by atoms with Crippen molar-refractivity contribution in [3.05, 3.63) is 40.1 Å². The monoisotopic (exact) mass is 298 g/mol. The van der Waals surface area contributed by atoms with Gasteiger partial charge in [-0.25, -0.2) is 0 Å². The molecule has 0 unspecified atom stereocenters. The molecule has 2 heterocycles. The van der Waals surface area contributed by atoms with Crippen molar-refractivity contribution in [2.45, 2.75) is 13.5 Å². The van der Waals surface area contributed by atoms with Crippen LogP contribution in [0.1, 0.15) is 22.0 Å². The van der Waals surface area contributed by atoms with Crippen LogP contribution < -0.4 is 0 Å². The third-order valence-corrected chi connectivity index (χ3v) is 2.64. The Labute approximate surface area is 106 Å². The van der Waals surface area contributed by atoms with Crippen molar-refractivity contribution in [3.63, 3.8) is 0 Å². The van der Waals surface area contributed by atoms with E-state index in [1.807, 2.05) is 6.07 Å². The Hall–Kier alpha value is -1.56. The number of carbonyl (C=O) groups is 1. The minimum Gasteiger partial charge on any atom is -0.452 e. The summed E-state index contributed by atoms with van der Waals surface area (Å²) in [5, 5.41) is 3.68. The highest BCUT2D eigenvalue weighted by atomic mass is 79.9. The van der Waals surface area contributed by atoms with E-state index < -0.39 is 0 Å². The molecule has 0 spiro atoms. The smallest absolute Gasteiger partial charge is 0.276 e. The Morgan fingerprint density at radius 2 is 2.29 bits per heavy atom. The molecule has 90 valence electrons. The summed E-state index contributed by atoms with van der Waals surface area (Å²) >= 11 is 3.21. The summed E-state index contributed by atoms with van der Waals surface area (Å²) < 4.78 is 10.8. The van der Waals surface area contributed by atoms with E-state index in [4.69, 9.17) is 8.94 Å². The second-order valence-corrected chi connectivity index (χ2v) is 4.47. The number of aryl methyl sites for hydroxylation is 1. The summed E-state index contributed by atoms with van der Waals surface area (Å²) in [6.45, 7) is 2.13. The van der Waals surface area contributed by atoms with Crippen LogP contribution in [0.3, 0.4) is 0 Å². The van der Waals surface area contributed by atoms with Gasteiger partial charge in [-0.3, -0.25) is 4.79 Å². The average Bonchev–Trinajstić information content (AvgIpc) is 2.87. The van der Waals surface area contributed by atoms with E-state index in [1.165, 1.54) is 4.90 Å². The third kappa shape index (κ3) is 2.76. The van der Waals surface area contributed by atoms with Gasteiger partial charge >= 0.3 is 0 Å². The second-order valence-electron chi connectivity index (χ2n) is 3.69. The first-order chi connectivity index (χ1) is 8.06. The molecule has 2 rings (SSSR count). The van der Waals surface area contributed by atoms with Crippen LogP contribution in [0.4, 0.5) is 0 Å². The van der Waals surface area contributed by atoms with Gasteiger partial charge in [-0.15, -0.1) is 0 Å². The molecule has 0 aliphatic carbocycles. The zero-order valence-corrected chi connectivity index (χ0v) is 11.0. The molecule has 0 fully saturated rings. The van der Waals surface area contributed by atoms with Crippen LogP contribution in [0.25, 0.3) is 0 Å². The first-order valence-electron chi connectivity index (χ1n) is 4.99. The Morgan fingerprint density at radius 1 is 1.53 bits per heavy atom. The molecule has 0 radical (unpaired) electrons. The number of furan rings is 1. The number of halogens is 1. The predicted octanol–water partition coefficient (Wildman–Crippen LogP) is 2.61. The fourth-order valence-corrected chi connectivity index (χ4v) is 1.75. The maximum Gasteiger partial charge on any atom is 0.276 e. The highest BCUT2D eigenvalue weighted by molar-refractivity contribution is 9.10. The summed E-state index contributed by atoms with van der Waals surface area (Å²) in [4.78, 5) is 13.4. The number of carbonyl (C=O) groups excluding carboxylic acids is 1. The van der Waals surface area contributed by atoms with Gasteiger partial charge in [0, 0.05) is 13.1 Å². The van der Waals surface area contributed by atoms with Crippen molar-refractivity contribution in [1.29, 1.82) is 0 Å². The molecule has 0 saturated carbocycles. The van der Waals surface area contributed by atoms with E-state index in [-0.39, 0.29) is 5.91 Å². The van der Waals surface area contributed by atoms with E-state index >= 15 is 0 Å². The summed E-state index contributed by atoms with van der Waals surface area (Å²) in [5.74, 6) is 1.12. The van der Waals surface area contributed by atoms with Crippen molar-refractivity contribution >= 4 is 21.8 Å².